The van der Waals surface area contributed by atoms with E-state index in [0.29, 0.717) is 19.1 Å². The SMILES string of the molecule is CC(C)COc1ccccc1NCC(=O)Nc1ccc(OCC2CCCO2)cc1. The molecule has 6 heteroatoms. The summed E-state index contributed by atoms with van der Waals surface area (Å²) in [7, 11) is 0. The summed E-state index contributed by atoms with van der Waals surface area (Å²) in [5, 5.41) is 6.03. The molecule has 1 unspecified atom stereocenters. The molecule has 0 aliphatic carbocycles. The van der Waals surface area contributed by atoms with Gasteiger partial charge in [-0.05, 0) is 55.2 Å². The Balaban J connectivity index is 1.44. The van der Waals surface area contributed by atoms with Gasteiger partial charge in [0.1, 0.15) is 18.1 Å². The molecule has 2 aromatic rings. The van der Waals surface area contributed by atoms with Crippen molar-refractivity contribution in [1.82, 2.24) is 0 Å². The lowest BCUT2D eigenvalue weighted by Crippen LogP contribution is -2.22. The van der Waals surface area contributed by atoms with E-state index in [4.69, 9.17) is 14.2 Å². The van der Waals surface area contributed by atoms with E-state index in [1.807, 2.05) is 48.5 Å². The number of para-hydroxylation sites is 2. The predicted molar refractivity (Wildman–Crippen MR) is 115 cm³/mol. The van der Waals surface area contributed by atoms with Gasteiger partial charge in [-0.25, -0.2) is 0 Å². The molecule has 2 N–H and O–H groups in total. The topological polar surface area (TPSA) is 68.8 Å². The van der Waals surface area contributed by atoms with Crippen LogP contribution in [0.2, 0.25) is 0 Å². The molecule has 0 saturated carbocycles. The lowest BCUT2D eigenvalue weighted by atomic mass is 10.2. The molecule has 3 rings (SSSR count). The van der Waals surface area contributed by atoms with Crippen LogP contribution in [0.15, 0.2) is 48.5 Å². The predicted octanol–water partition coefficient (Wildman–Crippen LogP) is 4.33. The number of hydrogen-bond donors (Lipinski definition) is 2. The van der Waals surface area contributed by atoms with E-state index in [-0.39, 0.29) is 18.6 Å². The highest BCUT2D eigenvalue weighted by molar-refractivity contribution is 5.94. The molecule has 0 spiro atoms. The maximum absolute atomic E-state index is 12.3. The molecule has 2 aromatic carbocycles. The maximum Gasteiger partial charge on any atom is 0.243 e. The second-order valence-corrected chi connectivity index (χ2v) is 7.57. The third-order valence-corrected chi connectivity index (χ3v) is 4.50. The van der Waals surface area contributed by atoms with Gasteiger partial charge in [-0.1, -0.05) is 26.0 Å². The van der Waals surface area contributed by atoms with Gasteiger partial charge in [0.05, 0.1) is 24.9 Å². The zero-order valence-electron chi connectivity index (χ0n) is 17.1. The van der Waals surface area contributed by atoms with Crippen LogP contribution in [0.3, 0.4) is 0 Å². The summed E-state index contributed by atoms with van der Waals surface area (Å²) >= 11 is 0. The second kappa shape index (κ2) is 10.7. The molecule has 1 amide bonds. The van der Waals surface area contributed by atoms with Crippen LogP contribution in [0.4, 0.5) is 11.4 Å². The molecule has 156 valence electrons. The second-order valence-electron chi connectivity index (χ2n) is 7.57. The third kappa shape index (κ3) is 6.98. The number of nitrogens with one attached hydrogen (secondary N) is 2. The van der Waals surface area contributed by atoms with Crippen LogP contribution >= 0.6 is 0 Å². The first-order valence-electron chi connectivity index (χ1n) is 10.2. The minimum absolute atomic E-state index is 0.128. The van der Waals surface area contributed by atoms with Crippen LogP contribution in [0.5, 0.6) is 11.5 Å². The first-order valence-corrected chi connectivity index (χ1v) is 10.2. The Labute approximate surface area is 172 Å². The average molecular weight is 399 g/mol. The highest BCUT2D eigenvalue weighted by Gasteiger charge is 2.16. The summed E-state index contributed by atoms with van der Waals surface area (Å²) in [4.78, 5) is 12.3. The molecule has 1 atom stereocenters. The van der Waals surface area contributed by atoms with E-state index in [2.05, 4.69) is 24.5 Å². The fourth-order valence-corrected chi connectivity index (χ4v) is 2.98. The monoisotopic (exact) mass is 398 g/mol. The molecule has 1 saturated heterocycles. The number of hydrogen-bond acceptors (Lipinski definition) is 5. The van der Waals surface area contributed by atoms with Gasteiger partial charge in [0.25, 0.3) is 0 Å². The van der Waals surface area contributed by atoms with Crippen LogP contribution in [-0.4, -0.2) is 38.4 Å². The normalized spacial score (nSPS) is 15.9. The molecule has 0 aromatic heterocycles. The Kier molecular flexibility index (Phi) is 7.76. The number of anilines is 2. The minimum Gasteiger partial charge on any atom is -0.491 e. The van der Waals surface area contributed by atoms with Gasteiger partial charge in [-0.3, -0.25) is 4.79 Å². The maximum atomic E-state index is 12.3. The highest BCUT2D eigenvalue weighted by atomic mass is 16.5. The van der Waals surface area contributed by atoms with Crippen LogP contribution in [0.25, 0.3) is 0 Å². The molecule has 1 fully saturated rings. The van der Waals surface area contributed by atoms with Gasteiger partial charge in [0.2, 0.25) is 5.91 Å². The number of carbonyl (C=O) groups excluding carboxylic acids is 1. The van der Waals surface area contributed by atoms with E-state index >= 15 is 0 Å². The highest BCUT2D eigenvalue weighted by Crippen LogP contribution is 2.24. The van der Waals surface area contributed by atoms with E-state index in [1.165, 1.54) is 0 Å². The summed E-state index contributed by atoms with van der Waals surface area (Å²) in [5.41, 5.74) is 1.53. The third-order valence-electron chi connectivity index (χ3n) is 4.50. The molecule has 29 heavy (non-hydrogen) atoms. The molecule has 0 bridgehead atoms. The van der Waals surface area contributed by atoms with Gasteiger partial charge >= 0.3 is 0 Å². The van der Waals surface area contributed by atoms with Crippen molar-refractivity contribution in [3.63, 3.8) is 0 Å². The van der Waals surface area contributed by atoms with Gasteiger partial charge in [-0.15, -0.1) is 0 Å². The van der Waals surface area contributed by atoms with Gasteiger partial charge < -0.3 is 24.8 Å². The number of benzene rings is 2. The summed E-state index contributed by atoms with van der Waals surface area (Å²) in [6.07, 6.45) is 2.33. The Bertz CT molecular complexity index is 771. The zero-order valence-corrected chi connectivity index (χ0v) is 17.1. The van der Waals surface area contributed by atoms with Gasteiger partial charge in [-0.2, -0.15) is 0 Å². The number of ether oxygens (including phenoxy) is 3. The van der Waals surface area contributed by atoms with Crippen molar-refractivity contribution >= 4 is 17.3 Å². The standard InChI is InChI=1S/C23H30N2O4/c1-17(2)15-29-22-8-4-3-7-21(22)24-14-23(26)25-18-9-11-19(12-10-18)28-16-20-6-5-13-27-20/h3-4,7-12,17,20,24H,5-6,13-16H2,1-2H3,(H,25,26). The number of rotatable bonds is 10. The molecule has 1 aliphatic rings. The molecule has 1 heterocycles. The van der Waals surface area contributed by atoms with Crippen molar-refractivity contribution in [3.05, 3.63) is 48.5 Å². The van der Waals surface area contributed by atoms with Crippen molar-refractivity contribution in [2.45, 2.75) is 32.8 Å². The van der Waals surface area contributed by atoms with Crippen molar-refractivity contribution in [3.8, 4) is 11.5 Å². The lowest BCUT2D eigenvalue weighted by molar-refractivity contribution is -0.114. The quantitative estimate of drug-likeness (QED) is 0.623. The van der Waals surface area contributed by atoms with Crippen LogP contribution < -0.4 is 20.1 Å². The molecule has 0 radical (unpaired) electrons. The molecule has 1 aliphatic heterocycles. The summed E-state index contributed by atoms with van der Waals surface area (Å²) < 4.78 is 17.1. The molecule has 6 nitrogen and oxygen atoms in total. The van der Waals surface area contributed by atoms with Gasteiger partial charge in [0.15, 0.2) is 0 Å². The van der Waals surface area contributed by atoms with E-state index in [9.17, 15) is 4.79 Å². The van der Waals surface area contributed by atoms with Crippen LogP contribution in [0.1, 0.15) is 26.7 Å². The molecular weight excluding hydrogens is 368 g/mol. The van der Waals surface area contributed by atoms with E-state index < -0.39 is 0 Å². The Hall–Kier alpha value is -2.73. The number of amides is 1. The number of carbonyl (C=O) groups is 1. The zero-order chi connectivity index (χ0) is 20.5. The lowest BCUT2D eigenvalue weighted by Gasteiger charge is -2.14. The Morgan fingerprint density at radius 1 is 1.14 bits per heavy atom. The minimum atomic E-state index is -0.128. The van der Waals surface area contributed by atoms with Crippen molar-refractivity contribution in [2.24, 2.45) is 5.92 Å². The smallest absolute Gasteiger partial charge is 0.243 e. The first-order chi connectivity index (χ1) is 14.1. The van der Waals surface area contributed by atoms with Gasteiger partial charge in [0, 0.05) is 12.3 Å². The van der Waals surface area contributed by atoms with E-state index in [0.717, 1.165) is 42.3 Å². The summed E-state index contributed by atoms with van der Waals surface area (Å²) in [6.45, 7) is 6.37. The largest absolute Gasteiger partial charge is 0.491 e. The summed E-state index contributed by atoms with van der Waals surface area (Å²) in [5.74, 6) is 1.83. The Morgan fingerprint density at radius 2 is 1.93 bits per heavy atom. The first kappa shape index (κ1) is 21.0. The Morgan fingerprint density at radius 3 is 2.66 bits per heavy atom. The van der Waals surface area contributed by atoms with Crippen LogP contribution in [-0.2, 0) is 9.53 Å². The van der Waals surface area contributed by atoms with Crippen molar-refractivity contribution in [2.75, 3.05) is 37.0 Å². The average Bonchev–Trinajstić information content (AvgIpc) is 3.24. The molecular formula is C23H30N2O4. The van der Waals surface area contributed by atoms with E-state index in [1.54, 1.807) is 0 Å². The van der Waals surface area contributed by atoms with Crippen molar-refractivity contribution in [1.29, 1.82) is 0 Å². The van der Waals surface area contributed by atoms with Crippen LogP contribution in [0, 0.1) is 5.92 Å². The van der Waals surface area contributed by atoms with Crippen molar-refractivity contribution < 1.29 is 19.0 Å². The fraction of sp³-hybridized carbons (Fsp3) is 0.435. The summed E-state index contributed by atoms with van der Waals surface area (Å²) in [6, 6.07) is 15.0. The fourth-order valence-electron chi connectivity index (χ4n) is 2.98.